The molecule has 0 aliphatic heterocycles. The molecule has 2 saturated carbocycles. The fraction of sp³-hybridized carbons (Fsp3) is 0.647. The molecule has 6 nitrogen and oxygen atoms in total. The van der Waals surface area contributed by atoms with E-state index in [1.54, 1.807) is 11.1 Å². The van der Waals surface area contributed by atoms with Crippen LogP contribution in [-0.4, -0.2) is 45.3 Å². The first kappa shape index (κ1) is 15.9. The van der Waals surface area contributed by atoms with Crippen LogP contribution in [-0.2, 0) is 4.79 Å². The van der Waals surface area contributed by atoms with Gasteiger partial charge in [0.25, 0.3) is 5.91 Å². The zero-order valence-corrected chi connectivity index (χ0v) is 13.4. The van der Waals surface area contributed by atoms with Gasteiger partial charge >= 0.3 is 0 Å². The summed E-state index contributed by atoms with van der Waals surface area (Å²) >= 11 is 0. The highest BCUT2D eigenvalue weighted by Crippen LogP contribution is 2.28. The number of carbonyl (C=O) groups is 2. The molecule has 0 aromatic carbocycles. The van der Waals surface area contributed by atoms with Crippen molar-refractivity contribution in [3.63, 3.8) is 0 Å². The Morgan fingerprint density at radius 1 is 1.13 bits per heavy atom. The Labute approximate surface area is 136 Å². The molecule has 1 N–H and O–H groups in total. The summed E-state index contributed by atoms with van der Waals surface area (Å²) in [5.74, 6) is -0.0689. The zero-order valence-electron chi connectivity index (χ0n) is 13.4. The first-order valence-electron chi connectivity index (χ1n) is 8.60. The number of carbonyl (C=O) groups excluding carboxylic acids is 2. The summed E-state index contributed by atoms with van der Waals surface area (Å²) in [6.45, 7) is 0.457. The number of nitrogens with zero attached hydrogens (tertiary/aromatic N) is 3. The van der Waals surface area contributed by atoms with Crippen molar-refractivity contribution in [3.05, 3.63) is 24.3 Å². The third kappa shape index (κ3) is 4.50. The van der Waals surface area contributed by atoms with Crippen molar-refractivity contribution in [1.82, 2.24) is 20.2 Å². The highest BCUT2D eigenvalue weighted by Gasteiger charge is 2.33. The molecule has 23 heavy (non-hydrogen) atoms. The molecule has 124 valence electrons. The molecular weight excluding hydrogens is 292 g/mol. The molecule has 0 saturated heterocycles. The van der Waals surface area contributed by atoms with Gasteiger partial charge in [-0.2, -0.15) is 0 Å². The van der Waals surface area contributed by atoms with Gasteiger partial charge in [0.15, 0.2) is 0 Å². The summed E-state index contributed by atoms with van der Waals surface area (Å²) in [5, 5.41) is 3.11. The number of aromatic nitrogens is 2. The molecule has 2 aliphatic carbocycles. The molecule has 0 atom stereocenters. The second-order valence-electron chi connectivity index (χ2n) is 6.47. The van der Waals surface area contributed by atoms with E-state index in [-0.39, 0.29) is 17.9 Å². The van der Waals surface area contributed by atoms with Crippen LogP contribution in [0.1, 0.15) is 61.9 Å². The van der Waals surface area contributed by atoms with Crippen LogP contribution in [0.3, 0.4) is 0 Å². The minimum Gasteiger partial charge on any atom is -0.353 e. The van der Waals surface area contributed by atoms with Crippen LogP contribution in [0.15, 0.2) is 18.6 Å². The summed E-state index contributed by atoms with van der Waals surface area (Å²) < 4.78 is 0. The molecule has 0 bridgehead atoms. The van der Waals surface area contributed by atoms with E-state index in [4.69, 9.17) is 0 Å². The summed E-state index contributed by atoms with van der Waals surface area (Å²) in [5.41, 5.74) is 0.354. The van der Waals surface area contributed by atoms with Crippen LogP contribution in [0.4, 0.5) is 0 Å². The van der Waals surface area contributed by atoms with Crippen molar-refractivity contribution in [1.29, 1.82) is 0 Å². The smallest absolute Gasteiger partial charge is 0.274 e. The minimum absolute atomic E-state index is 0.0505. The molecule has 0 unspecified atom stereocenters. The molecule has 2 aliphatic rings. The Bertz CT molecular complexity index is 539. The van der Waals surface area contributed by atoms with Gasteiger partial charge in [0.2, 0.25) is 5.91 Å². The fourth-order valence-electron chi connectivity index (χ4n) is 3.16. The van der Waals surface area contributed by atoms with Crippen molar-refractivity contribution in [2.75, 3.05) is 6.54 Å². The predicted molar refractivity (Wildman–Crippen MR) is 85.7 cm³/mol. The van der Waals surface area contributed by atoms with E-state index in [1.165, 1.54) is 31.7 Å². The lowest BCUT2D eigenvalue weighted by Gasteiger charge is -2.25. The number of rotatable bonds is 6. The highest BCUT2D eigenvalue weighted by atomic mass is 16.2. The van der Waals surface area contributed by atoms with Gasteiger partial charge in [-0.3, -0.25) is 14.6 Å². The van der Waals surface area contributed by atoms with Crippen LogP contribution >= 0.6 is 0 Å². The first-order valence-corrected chi connectivity index (χ1v) is 8.60. The summed E-state index contributed by atoms with van der Waals surface area (Å²) in [7, 11) is 0. The largest absolute Gasteiger partial charge is 0.353 e. The molecule has 3 rings (SSSR count). The van der Waals surface area contributed by atoms with Gasteiger partial charge in [-0.15, -0.1) is 0 Å². The van der Waals surface area contributed by atoms with Crippen molar-refractivity contribution in [3.8, 4) is 0 Å². The van der Waals surface area contributed by atoms with E-state index in [1.807, 2.05) is 0 Å². The van der Waals surface area contributed by atoms with E-state index in [9.17, 15) is 9.59 Å². The lowest BCUT2D eigenvalue weighted by molar-refractivity contribution is -0.122. The minimum atomic E-state index is -0.119. The van der Waals surface area contributed by atoms with Crippen LogP contribution in [0.2, 0.25) is 0 Å². The first-order chi connectivity index (χ1) is 11.2. The number of nitrogens with one attached hydrogen (secondary N) is 1. The SMILES string of the molecule is O=C(CCN(C(=O)c1cnccn1)C1CC1)NC1CCCCC1. The van der Waals surface area contributed by atoms with Gasteiger partial charge < -0.3 is 10.2 Å². The molecule has 0 radical (unpaired) electrons. The maximum Gasteiger partial charge on any atom is 0.274 e. The van der Waals surface area contributed by atoms with Gasteiger partial charge in [-0.05, 0) is 25.7 Å². The van der Waals surface area contributed by atoms with Crippen LogP contribution in [0.5, 0.6) is 0 Å². The van der Waals surface area contributed by atoms with Crippen LogP contribution in [0.25, 0.3) is 0 Å². The molecular formula is C17H24N4O2. The monoisotopic (exact) mass is 316 g/mol. The maximum atomic E-state index is 12.5. The average Bonchev–Trinajstić information content (AvgIpc) is 3.41. The molecule has 1 heterocycles. The quantitative estimate of drug-likeness (QED) is 0.870. The van der Waals surface area contributed by atoms with Gasteiger partial charge in [-0.25, -0.2) is 4.98 Å². The van der Waals surface area contributed by atoms with E-state index in [0.717, 1.165) is 25.7 Å². The van der Waals surface area contributed by atoms with Crippen molar-refractivity contribution >= 4 is 11.8 Å². The highest BCUT2D eigenvalue weighted by molar-refractivity contribution is 5.92. The van der Waals surface area contributed by atoms with E-state index in [2.05, 4.69) is 15.3 Å². The van der Waals surface area contributed by atoms with Gasteiger partial charge in [0.1, 0.15) is 5.69 Å². The summed E-state index contributed by atoms with van der Waals surface area (Å²) in [6.07, 6.45) is 12.8. The second kappa shape index (κ2) is 7.53. The van der Waals surface area contributed by atoms with Crippen molar-refractivity contribution in [2.45, 2.75) is 63.5 Å². The Morgan fingerprint density at radius 2 is 1.91 bits per heavy atom. The summed E-state index contributed by atoms with van der Waals surface area (Å²) in [4.78, 5) is 34.5. The average molecular weight is 316 g/mol. The Hall–Kier alpha value is -1.98. The van der Waals surface area contributed by atoms with E-state index < -0.39 is 0 Å². The van der Waals surface area contributed by atoms with Crippen molar-refractivity contribution < 1.29 is 9.59 Å². The fourth-order valence-corrected chi connectivity index (χ4v) is 3.16. The van der Waals surface area contributed by atoms with Gasteiger partial charge in [0, 0.05) is 37.4 Å². The lowest BCUT2D eigenvalue weighted by atomic mass is 9.95. The topological polar surface area (TPSA) is 75.2 Å². The Kier molecular flexibility index (Phi) is 5.20. The molecule has 0 spiro atoms. The predicted octanol–water partition coefficient (Wildman–Crippen LogP) is 1.92. The molecule has 1 aromatic heterocycles. The third-order valence-electron chi connectivity index (χ3n) is 4.58. The Morgan fingerprint density at radius 3 is 2.57 bits per heavy atom. The summed E-state index contributed by atoms with van der Waals surface area (Å²) in [6, 6.07) is 0.577. The normalized spacial score (nSPS) is 18.4. The number of hydrogen-bond acceptors (Lipinski definition) is 4. The van der Waals surface area contributed by atoms with Gasteiger partial charge in [0.05, 0.1) is 6.20 Å². The van der Waals surface area contributed by atoms with Crippen LogP contribution in [0, 0.1) is 0 Å². The van der Waals surface area contributed by atoms with Crippen molar-refractivity contribution in [2.24, 2.45) is 0 Å². The molecule has 1 aromatic rings. The van der Waals surface area contributed by atoms with E-state index >= 15 is 0 Å². The molecule has 6 heteroatoms. The van der Waals surface area contributed by atoms with E-state index in [0.29, 0.717) is 24.7 Å². The lowest BCUT2D eigenvalue weighted by Crippen LogP contribution is -2.40. The molecule has 2 fully saturated rings. The second-order valence-corrected chi connectivity index (χ2v) is 6.47. The van der Waals surface area contributed by atoms with Crippen LogP contribution < -0.4 is 5.32 Å². The standard InChI is InChI=1S/C17H24N4O2/c22-16(20-13-4-2-1-3-5-13)8-11-21(14-6-7-14)17(23)15-12-18-9-10-19-15/h9-10,12-14H,1-8,11H2,(H,20,22). The third-order valence-corrected chi connectivity index (χ3v) is 4.58. The number of hydrogen-bond donors (Lipinski definition) is 1. The molecule has 2 amide bonds. The zero-order chi connectivity index (χ0) is 16.1. The maximum absolute atomic E-state index is 12.5. The van der Waals surface area contributed by atoms with Gasteiger partial charge in [-0.1, -0.05) is 19.3 Å². The number of amides is 2. The Balaban J connectivity index is 1.51.